The molecule has 84 valence electrons. The number of anilines is 1. The van der Waals surface area contributed by atoms with Gasteiger partial charge in [0.1, 0.15) is 12.1 Å². The molecule has 1 fully saturated rings. The predicted molar refractivity (Wildman–Crippen MR) is 59.4 cm³/mol. The highest BCUT2D eigenvalue weighted by atomic mass is 16.1. The third kappa shape index (κ3) is 1.56. The number of hydrogen-bond acceptors (Lipinski definition) is 4. The summed E-state index contributed by atoms with van der Waals surface area (Å²) in [5.74, 6) is 1.55. The molecule has 6 nitrogen and oxygen atoms in total. The van der Waals surface area contributed by atoms with Gasteiger partial charge in [-0.2, -0.15) is 5.10 Å². The van der Waals surface area contributed by atoms with Crippen molar-refractivity contribution in [1.29, 1.82) is 0 Å². The highest BCUT2D eigenvalue weighted by Gasteiger charge is 2.16. The molecule has 0 aliphatic heterocycles. The van der Waals surface area contributed by atoms with Crippen molar-refractivity contribution in [3.8, 4) is 0 Å². The Bertz CT molecular complexity index is 554. The molecule has 0 bridgehead atoms. The van der Waals surface area contributed by atoms with Gasteiger partial charge in [0.05, 0.1) is 0 Å². The summed E-state index contributed by atoms with van der Waals surface area (Å²) in [6.07, 6.45) is 5.44. The molecular formula is C10H13N5O. The first-order valence-electron chi connectivity index (χ1n) is 5.49. The summed E-state index contributed by atoms with van der Waals surface area (Å²) in [4.78, 5) is 15.4. The van der Waals surface area contributed by atoms with E-state index in [0.29, 0.717) is 5.65 Å². The lowest BCUT2D eigenvalue weighted by molar-refractivity contribution is 0.333. The summed E-state index contributed by atoms with van der Waals surface area (Å²) in [7, 11) is 0. The van der Waals surface area contributed by atoms with Crippen LogP contribution in [0.25, 0.3) is 5.65 Å². The van der Waals surface area contributed by atoms with Crippen LogP contribution in [-0.4, -0.2) is 26.1 Å². The van der Waals surface area contributed by atoms with Crippen molar-refractivity contribution in [3.63, 3.8) is 0 Å². The Labute approximate surface area is 91.7 Å². The molecular weight excluding hydrogens is 206 g/mol. The SMILES string of the molecule is O=c1[nH]nc2cc(NCC3CCC3)ncn12. The Morgan fingerprint density at radius 2 is 2.44 bits per heavy atom. The number of H-pyrrole nitrogens is 1. The standard InChI is InChI=1S/C10H13N5O/c16-10-14-13-9-4-8(12-6-15(9)10)11-5-7-2-1-3-7/h4,6-7,11H,1-3,5H2,(H,14,16). The van der Waals surface area contributed by atoms with Gasteiger partial charge in [0, 0.05) is 12.6 Å². The van der Waals surface area contributed by atoms with E-state index in [0.717, 1.165) is 18.3 Å². The normalized spacial score (nSPS) is 16.2. The van der Waals surface area contributed by atoms with E-state index in [4.69, 9.17) is 0 Å². The molecule has 0 atom stereocenters. The van der Waals surface area contributed by atoms with Crippen LogP contribution < -0.4 is 11.0 Å². The van der Waals surface area contributed by atoms with Crippen LogP contribution in [0.4, 0.5) is 5.82 Å². The molecule has 1 aliphatic carbocycles. The topological polar surface area (TPSA) is 75.1 Å². The number of aromatic nitrogens is 4. The molecule has 6 heteroatoms. The smallest absolute Gasteiger partial charge is 0.348 e. The monoisotopic (exact) mass is 219 g/mol. The summed E-state index contributed by atoms with van der Waals surface area (Å²) >= 11 is 0. The van der Waals surface area contributed by atoms with Gasteiger partial charge in [-0.3, -0.25) is 0 Å². The van der Waals surface area contributed by atoms with Gasteiger partial charge < -0.3 is 5.32 Å². The molecule has 0 amide bonds. The van der Waals surface area contributed by atoms with Crippen molar-refractivity contribution in [2.24, 2.45) is 5.92 Å². The number of nitrogens with zero attached hydrogens (tertiary/aromatic N) is 3. The average Bonchev–Trinajstić information content (AvgIpc) is 2.58. The number of rotatable bonds is 3. The van der Waals surface area contributed by atoms with E-state index in [-0.39, 0.29) is 5.69 Å². The Balaban J connectivity index is 1.79. The van der Waals surface area contributed by atoms with E-state index in [2.05, 4.69) is 20.5 Å². The second kappa shape index (κ2) is 3.62. The largest absolute Gasteiger partial charge is 0.370 e. The van der Waals surface area contributed by atoms with Crippen molar-refractivity contribution in [2.45, 2.75) is 19.3 Å². The minimum absolute atomic E-state index is 0.256. The van der Waals surface area contributed by atoms with Crippen LogP contribution in [-0.2, 0) is 0 Å². The first kappa shape index (κ1) is 9.38. The number of fused-ring (bicyclic) bond motifs is 1. The van der Waals surface area contributed by atoms with Gasteiger partial charge in [0.2, 0.25) is 0 Å². The van der Waals surface area contributed by atoms with Crippen molar-refractivity contribution in [2.75, 3.05) is 11.9 Å². The van der Waals surface area contributed by atoms with Crippen LogP contribution in [0, 0.1) is 5.92 Å². The van der Waals surface area contributed by atoms with Crippen molar-refractivity contribution >= 4 is 11.5 Å². The van der Waals surface area contributed by atoms with Crippen LogP contribution in [0.3, 0.4) is 0 Å². The molecule has 0 radical (unpaired) electrons. The van der Waals surface area contributed by atoms with Gasteiger partial charge >= 0.3 is 5.69 Å². The highest BCUT2D eigenvalue weighted by molar-refractivity contribution is 5.48. The summed E-state index contributed by atoms with van der Waals surface area (Å²) in [6.45, 7) is 0.956. The summed E-state index contributed by atoms with van der Waals surface area (Å²) < 4.78 is 1.38. The second-order valence-electron chi connectivity index (χ2n) is 4.21. The Kier molecular flexibility index (Phi) is 2.12. The lowest BCUT2D eigenvalue weighted by Gasteiger charge is -2.25. The molecule has 2 heterocycles. The first-order chi connectivity index (χ1) is 7.83. The predicted octanol–water partition coefficient (Wildman–Crippen LogP) is 0.630. The Hall–Kier alpha value is -1.85. The fraction of sp³-hybridized carbons (Fsp3) is 0.500. The van der Waals surface area contributed by atoms with Crippen molar-refractivity contribution in [3.05, 3.63) is 22.9 Å². The second-order valence-corrected chi connectivity index (χ2v) is 4.21. The van der Waals surface area contributed by atoms with Gasteiger partial charge in [-0.1, -0.05) is 6.42 Å². The molecule has 1 aliphatic rings. The van der Waals surface area contributed by atoms with Gasteiger partial charge in [0.15, 0.2) is 5.65 Å². The van der Waals surface area contributed by atoms with Crippen molar-refractivity contribution < 1.29 is 0 Å². The zero-order valence-electron chi connectivity index (χ0n) is 8.81. The summed E-state index contributed by atoms with van der Waals surface area (Å²) in [5, 5.41) is 9.53. The zero-order valence-corrected chi connectivity index (χ0v) is 8.81. The minimum atomic E-state index is -0.256. The maximum absolute atomic E-state index is 11.2. The van der Waals surface area contributed by atoms with Crippen LogP contribution >= 0.6 is 0 Å². The van der Waals surface area contributed by atoms with E-state index in [1.165, 1.54) is 30.0 Å². The quantitative estimate of drug-likeness (QED) is 0.794. The van der Waals surface area contributed by atoms with Gasteiger partial charge in [-0.25, -0.2) is 19.3 Å². The van der Waals surface area contributed by atoms with E-state index in [1.54, 1.807) is 6.07 Å². The summed E-state index contributed by atoms with van der Waals surface area (Å²) in [5.41, 5.74) is 0.337. The van der Waals surface area contributed by atoms with Gasteiger partial charge in [-0.05, 0) is 18.8 Å². The number of aromatic amines is 1. The molecule has 16 heavy (non-hydrogen) atoms. The Morgan fingerprint density at radius 3 is 3.19 bits per heavy atom. The van der Waals surface area contributed by atoms with Crippen LogP contribution in [0.1, 0.15) is 19.3 Å². The fourth-order valence-electron chi connectivity index (χ4n) is 1.85. The zero-order chi connectivity index (χ0) is 11.0. The number of nitrogens with one attached hydrogen (secondary N) is 2. The summed E-state index contributed by atoms with van der Waals surface area (Å²) in [6, 6.07) is 1.77. The third-order valence-electron chi connectivity index (χ3n) is 3.11. The van der Waals surface area contributed by atoms with E-state index >= 15 is 0 Å². The lowest BCUT2D eigenvalue weighted by Crippen LogP contribution is -2.21. The maximum Gasteiger partial charge on any atom is 0.348 e. The first-order valence-corrected chi connectivity index (χ1v) is 5.49. The third-order valence-corrected chi connectivity index (χ3v) is 3.11. The molecule has 0 saturated heterocycles. The minimum Gasteiger partial charge on any atom is -0.370 e. The van der Waals surface area contributed by atoms with Crippen LogP contribution in [0.15, 0.2) is 17.2 Å². The van der Waals surface area contributed by atoms with Crippen molar-refractivity contribution in [1.82, 2.24) is 19.6 Å². The fourth-order valence-corrected chi connectivity index (χ4v) is 1.85. The van der Waals surface area contributed by atoms with E-state index < -0.39 is 0 Å². The lowest BCUT2D eigenvalue weighted by atomic mass is 9.85. The molecule has 0 unspecified atom stereocenters. The van der Waals surface area contributed by atoms with E-state index in [1.807, 2.05) is 0 Å². The maximum atomic E-state index is 11.2. The average molecular weight is 219 g/mol. The highest BCUT2D eigenvalue weighted by Crippen LogP contribution is 2.26. The molecule has 2 aromatic rings. The molecule has 0 aromatic carbocycles. The van der Waals surface area contributed by atoms with E-state index in [9.17, 15) is 4.79 Å². The molecule has 2 N–H and O–H groups in total. The van der Waals surface area contributed by atoms with Gasteiger partial charge in [-0.15, -0.1) is 0 Å². The van der Waals surface area contributed by atoms with Gasteiger partial charge in [0.25, 0.3) is 0 Å². The van der Waals surface area contributed by atoms with Crippen LogP contribution in [0.2, 0.25) is 0 Å². The number of hydrogen-bond donors (Lipinski definition) is 2. The Morgan fingerprint density at radius 1 is 1.56 bits per heavy atom. The molecule has 2 aromatic heterocycles. The molecule has 0 spiro atoms. The van der Waals surface area contributed by atoms with Crippen LogP contribution in [0.5, 0.6) is 0 Å². The molecule has 1 saturated carbocycles. The molecule has 3 rings (SSSR count).